The molecule has 1 aromatic heterocycles. The van der Waals surface area contributed by atoms with Crippen molar-refractivity contribution < 1.29 is 4.74 Å². The molecule has 1 aromatic rings. The molecule has 1 aliphatic rings. The van der Waals surface area contributed by atoms with Gasteiger partial charge in [-0.2, -0.15) is 5.10 Å². The van der Waals surface area contributed by atoms with Gasteiger partial charge >= 0.3 is 0 Å². The Labute approximate surface area is 115 Å². The van der Waals surface area contributed by atoms with E-state index in [1.54, 1.807) is 7.11 Å². The van der Waals surface area contributed by atoms with Crippen LogP contribution in [0.5, 0.6) is 0 Å². The molecule has 0 bridgehead atoms. The summed E-state index contributed by atoms with van der Waals surface area (Å²) in [6, 6.07) is 4.59. The number of anilines is 1. The molecule has 0 aliphatic carbocycles. The van der Waals surface area contributed by atoms with Crippen molar-refractivity contribution >= 4 is 5.82 Å². The van der Waals surface area contributed by atoms with Crippen LogP contribution in [0, 0.1) is 5.92 Å². The number of methoxy groups -OCH3 is 1. The first kappa shape index (κ1) is 14.2. The first-order valence-electron chi connectivity index (χ1n) is 6.99. The Hall–Kier alpha value is -1.20. The Balaban J connectivity index is 1.88. The minimum absolute atomic E-state index is 0.467. The van der Waals surface area contributed by atoms with Crippen molar-refractivity contribution in [3.05, 3.63) is 17.8 Å². The van der Waals surface area contributed by atoms with Crippen molar-refractivity contribution in [2.24, 2.45) is 5.92 Å². The van der Waals surface area contributed by atoms with Gasteiger partial charge in [0.2, 0.25) is 0 Å². The summed E-state index contributed by atoms with van der Waals surface area (Å²) in [5.74, 6) is 1.60. The summed E-state index contributed by atoms with van der Waals surface area (Å²) in [7, 11) is 1.76. The normalized spacial score (nSPS) is 19.4. The van der Waals surface area contributed by atoms with Gasteiger partial charge in [0.15, 0.2) is 5.82 Å². The second-order valence-corrected chi connectivity index (χ2v) is 5.47. The largest absolute Gasteiger partial charge is 0.384 e. The quantitative estimate of drug-likeness (QED) is 0.842. The SMILES string of the molecule is COCC1CCN(c2ccc(CNC(C)C)nn2)C1. The number of nitrogens with one attached hydrogen (secondary N) is 1. The molecular formula is C14H24N4O. The molecule has 2 heterocycles. The number of hydrogen-bond donors (Lipinski definition) is 1. The Morgan fingerprint density at radius 2 is 2.26 bits per heavy atom. The van der Waals surface area contributed by atoms with Crippen molar-refractivity contribution in [3.8, 4) is 0 Å². The second-order valence-electron chi connectivity index (χ2n) is 5.47. The molecule has 1 saturated heterocycles. The average Bonchev–Trinajstić information content (AvgIpc) is 2.86. The molecule has 1 N–H and O–H groups in total. The lowest BCUT2D eigenvalue weighted by atomic mass is 10.1. The van der Waals surface area contributed by atoms with Crippen LogP contribution in [0.4, 0.5) is 5.82 Å². The highest BCUT2D eigenvalue weighted by atomic mass is 16.5. The van der Waals surface area contributed by atoms with Crippen LogP contribution >= 0.6 is 0 Å². The standard InChI is InChI=1S/C14H24N4O/c1-11(2)15-8-13-4-5-14(17-16-13)18-7-6-12(9-18)10-19-3/h4-5,11-12,15H,6-10H2,1-3H3. The molecule has 1 fully saturated rings. The van der Waals surface area contributed by atoms with Gasteiger partial charge in [0.1, 0.15) is 0 Å². The van der Waals surface area contributed by atoms with Crippen LogP contribution in [0.3, 0.4) is 0 Å². The van der Waals surface area contributed by atoms with Crippen LogP contribution in [0.15, 0.2) is 12.1 Å². The lowest BCUT2D eigenvalue weighted by Gasteiger charge is -2.17. The number of ether oxygens (including phenoxy) is 1. The van der Waals surface area contributed by atoms with Gasteiger partial charge < -0.3 is 15.0 Å². The van der Waals surface area contributed by atoms with Crippen molar-refractivity contribution in [1.82, 2.24) is 15.5 Å². The molecule has 0 radical (unpaired) electrons. The van der Waals surface area contributed by atoms with Gasteiger partial charge in [0.25, 0.3) is 0 Å². The Bertz CT molecular complexity index is 380. The molecule has 1 unspecified atom stereocenters. The third-order valence-electron chi connectivity index (χ3n) is 3.41. The lowest BCUT2D eigenvalue weighted by molar-refractivity contribution is 0.161. The van der Waals surface area contributed by atoms with E-state index in [0.29, 0.717) is 12.0 Å². The van der Waals surface area contributed by atoms with Gasteiger partial charge in [0.05, 0.1) is 12.3 Å². The monoisotopic (exact) mass is 264 g/mol. The van der Waals surface area contributed by atoms with Crippen LogP contribution in [0.25, 0.3) is 0 Å². The van der Waals surface area contributed by atoms with Gasteiger partial charge in [0, 0.05) is 38.7 Å². The Morgan fingerprint density at radius 1 is 1.42 bits per heavy atom. The topological polar surface area (TPSA) is 50.3 Å². The van der Waals surface area contributed by atoms with Crippen LogP contribution in [0.1, 0.15) is 26.0 Å². The van der Waals surface area contributed by atoms with E-state index >= 15 is 0 Å². The van der Waals surface area contributed by atoms with E-state index in [1.165, 1.54) is 6.42 Å². The summed E-state index contributed by atoms with van der Waals surface area (Å²) in [4.78, 5) is 2.29. The maximum Gasteiger partial charge on any atom is 0.151 e. The molecule has 1 aliphatic heterocycles. The van der Waals surface area contributed by atoms with E-state index in [-0.39, 0.29) is 0 Å². The maximum atomic E-state index is 5.21. The van der Waals surface area contributed by atoms with Crippen molar-refractivity contribution in [3.63, 3.8) is 0 Å². The molecule has 2 rings (SSSR count). The number of hydrogen-bond acceptors (Lipinski definition) is 5. The first-order chi connectivity index (χ1) is 9.19. The minimum Gasteiger partial charge on any atom is -0.384 e. The zero-order chi connectivity index (χ0) is 13.7. The smallest absolute Gasteiger partial charge is 0.151 e. The summed E-state index contributed by atoms with van der Waals surface area (Å²) < 4.78 is 5.21. The van der Waals surface area contributed by atoms with E-state index in [0.717, 1.165) is 37.8 Å². The van der Waals surface area contributed by atoms with Gasteiger partial charge in [-0.05, 0) is 18.6 Å². The fraction of sp³-hybridized carbons (Fsp3) is 0.714. The average molecular weight is 264 g/mol. The maximum absolute atomic E-state index is 5.21. The Morgan fingerprint density at radius 3 is 2.89 bits per heavy atom. The second kappa shape index (κ2) is 6.82. The molecule has 0 spiro atoms. The van der Waals surface area contributed by atoms with E-state index in [9.17, 15) is 0 Å². The van der Waals surface area contributed by atoms with Gasteiger partial charge in [-0.1, -0.05) is 13.8 Å². The number of aromatic nitrogens is 2. The predicted octanol–water partition coefficient (Wildman–Crippen LogP) is 1.45. The summed E-state index contributed by atoms with van der Waals surface area (Å²) in [6.45, 7) is 7.93. The van der Waals surface area contributed by atoms with Crippen LogP contribution < -0.4 is 10.2 Å². The molecule has 0 saturated carbocycles. The van der Waals surface area contributed by atoms with E-state index in [1.807, 2.05) is 0 Å². The van der Waals surface area contributed by atoms with Crippen molar-refractivity contribution in [2.75, 3.05) is 31.7 Å². The highest BCUT2D eigenvalue weighted by Crippen LogP contribution is 2.21. The van der Waals surface area contributed by atoms with Gasteiger partial charge in [-0.15, -0.1) is 5.10 Å². The van der Waals surface area contributed by atoms with Crippen molar-refractivity contribution in [2.45, 2.75) is 32.9 Å². The molecule has 19 heavy (non-hydrogen) atoms. The zero-order valence-corrected chi connectivity index (χ0v) is 12.1. The predicted molar refractivity (Wildman–Crippen MR) is 76.2 cm³/mol. The number of nitrogens with zero attached hydrogens (tertiary/aromatic N) is 3. The summed E-state index contributed by atoms with van der Waals surface area (Å²) in [5, 5.41) is 12.0. The van der Waals surface area contributed by atoms with Crippen molar-refractivity contribution in [1.29, 1.82) is 0 Å². The van der Waals surface area contributed by atoms with Crippen LogP contribution in [0.2, 0.25) is 0 Å². The molecular weight excluding hydrogens is 240 g/mol. The molecule has 1 atom stereocenters. The van der Waals surface area contributed by atoms with E-state index in [4.69, 9.17) is 4.74 Å². The van der Waals surface area contributed by atoms with Gasteiger partial charge in [-0.25, -0.2) is 0 Å². The molecule has 5 heteroatoms. The van der Waals surface area contributed by atoms with E-state index in [2.05, 4.69) is 46.4 Å². The fourth-order valence-electron chi connectivity index (χ4n) is 2.34. The molecule has 0 aromatic carbocycles. The minimum atomic E-state index is 0.467. The lowest BCUT2D eigenvalue weighted by Crippen LogP contribution is -2.24. The molecule has 106 valence electrons. The highest BCUT2D eigenvalue weighted by Gasteiger charge is 2.23. The third-order valence-corrected chi connectivity index (χ3v) is 3.41. The van der Waals surface area contributed by atoms with Gasteiger partial charge in [-0.3, -0.25) is 0 Å². The first-order valence-corrected chi connectivity index (χ1v) is 6.99. The highest BCUT2D eigenvalue weighted by molar-refractivity contribution is 5.38. The van der Waals surface area contributed by atoms with E-state index < -0.39 is 0 Å². The third kappa shape index (κ3) is 4.14. The molecule has 0 amide bonds. The fourth-order valence-corrected chi connectivity index (χ4v) is 2.34. The molecule has 5 nitrogen and oxygen atoms in total. The van der Waals surface area contributed by atoms with Crippen LogP contribution in [-0.4, -0.2) is 43.0 Å². The summed E-state index contributed by atoms with van der Waals surface area (Å²) in [5.41, 5.74) is 0.991. The number of rotatable bonds is 6. The summed E-state index contributed by atoms with van der Waals surface area (Å²) in [6.07, 6.45) is 1.17. The van der Waals surface area contributed by atoms with Crippen LogP contribution in [-0.2, 0) is 11.3 Å². The zero-order valence-electron chi connectivity index (χ0n) is 12.1. The Kier molecular flexibility index (Phi) is 5.10. The summed E-state index contributed by atoms with van der Waals surface area (Å²) >= 11 is 0.